The molecule has 2 atom stereocenters. The van der Waals surface area contributed by atoms with Gasteiger partial charge in [0.25, 0.3) is 0 Å². The van der Waals surface area contributed by atoms with Crippen molar-refractivity contribution in [3.05, 3.63) is 12.2 Å². The number of methoxy groups -OCH3 is 2. The molecule has 0 spiro atoms. The molecule has 0 aromatic rings. The Kier molecular flexibility index (Phi) is 3.10. The first-order chi connectivity index (χ1) is 7.12. The standard InChI is InChI=1S/C10H11NO4/c1-14-8(12)7-4-3-5-10(7,6-11)9(13)15-2/h3,5,7H,4H2,1-2H3. The number of hydrogen-bond donors (Lipinski definition) is 0. The average Bonchev–Trinajstić information content (AvgIpc) is 2.71. The number of carbonyl (C=O) groups is 2. The average molecular weight is 209 g/mol. The van der Waals surface area contributed by atoms with Crippen LogP contribution in [0.1, 0.15) is 6.42 Å². The van der Waals surface area contributed by atoms with Crippen molar-refractivity contribution < 1.29 is 19.1 Å². The molecule has 0 saturated carbocycles. The minimum atomic E-state index is -1.53. The molecule has 1 aliphatic rings. The summed E-state index contributed by atoms with van der Waals surface area (Å²) in [5, 5.41) is 9.02. The highest BCUT2D eigenvalue weighted by Gasteiger charge is 2.52. The van der Waals surface area contributed by atoms with E-state index in [1.165, 1.54) is 20.3 Å². The van der Waals surface area contributed by atoms with E-state index in [0.717, 1.165) is 0 Å². The molecule has 15 heavy (non-hydrogen) atoms. The first kappa shape index (κ1) is 11.2. The van der Waals surface area contributed by atoms with Gasteiger partial charge in [-0.25, -0.2) is 4.79 Å². The Bertz CT molecular complexity index is 355. The van der Waals surface area contributed by atoms with E-state index in [1.807, 2.05) is 6.07 Å². The second kappa shape index (κ2) is 4.13. The van der Waals surface area contributed by atoms with Crippen LogP contribution in [0.4, 0.5) is 0 Å². The van der Waals surface area contributed by atoms with Crippen molar-refractivity contribution in [3.8, 4) is 6.07 Å². The zero-order valence-electron chi connectivity index (χ0n) is 8.52. The van der Waals surface area contributed by atoms with Gasteiger partial charge < -0.3 is 9.47 Å². The maximum absolute atomic E-state index is 11.5. The molecule has 1 rings (SSSR count). The van der Waals surface area contributed by atoms with Crippen LogP contribution in [0, 0.1) is 22.7 Å². The molecule has 0 amide bonds. The van der Waals surface area contributed by atoms with E-state index in [-0.39, 0.29) is 0 Å². The van der Waals surface area contributed by atoms with E-state index in [4.69, 9.17) is 5.26 Å². The predicted octanol–water partition coefficient (Wildman–Crippen LogP) is 0.418. The van der Waals surface area contributed by atoms with Gasteiger partial charge in [-0.15, -0.1) is 0 Å². The van der Waals surface area contributed by atoms with Gasteiger partial charge in [0, 0.05) is 0 Å². The van der Waals surface area contributed by atoms with Gasteiger partial charge in [0.15, 0.2) is 5.41 Å². The summed E-state index contributed by atoms with van der Waals surface area (Å²) in [5.41, 5.74) is -1.53. The summed E-state index contributed by atoms with van der Waals surface area (Å²) < 4.78 is 9.08. The van der Waals surface area contributed by atoms with Crippen molar-refractivity contribution in [2.45, 2.75) is 6.42 Å². The number of carbonyl (C=O) groups excluding carboxylic acids is 2. The number of rotatable bonds is 2. The molecule has 0 aromatic heterocycles. The zero-order valence-corrected chi connectivity index (χ0v) is 8.52. The fourth-order valence-electron chi connectivity index (χ4n) is 1.66. The molecule has 0 radical (unpaired) electrons. The van der Waals surface area contributed by atoms with Gasteiger partial charge in [-0.1, -0.05) is 12.2 Å². The van der Waals surface area contributed by atoms with Crippen LogP contribution in [0.5, 0.6) is 0 Å². The van der Waals surface area contributed by atoms with Gasteiger partial charge in [-0.3, -0.25) is 4.79 Å². The molecule has 0 saturated heterocycles. The van der Waals surface area contributed by atoms with E-state index in [2.05, 4.69) is 9.47 Å². The quantitative estimate of drug-likeness (QED) is 0.486. The van der Waals surface area contributed by atoms with E-state index < -0.39 is 23.3 Å². The van der Waals surface area contributed by atoms with Gasteiger partial charge in [0.05, 0.1) is 26.2 Å². The Morgan fingerprint density at radius 3 is 2.60 bits per heavy atom. The fourth-order valence-corrected chi connectivity index (χ4v) is 1.66. The van der Waals surface area contributed by atoms with Gasteiger partial charge >= 0.3 is 11.9 Å². The Hall–Kier alpha value is -1.83. The van der Waals surface area contributed by atoms with Crippen LogP contribution in [-0.2, 0) is 19.1 Å². The molecular formula is C10H11NO4. The normalized spacial score (nSPS) is 28.2. The second-order valence-corrected chi connectivity index (χ2v) is 3.19. The van der Waals surface area contributed by atoms with Crippen molar-refractivity contribution in [2.24, 2.45) is 11.3 Å². The molecule has 0 N–H and O–H groups in total. The smallest absolute Gasteiger partial charge is 0.331 e. The van der Waals surface area contributed by atoms with Gasteiger partial charge in [0.2, 0.25) is 0 Å². The highest BCUT2D eigenvalue weighted by molar-refractivity contribution is 5.90. The first-order valence-corrected chi connectivity index (χ1v) is 4.37. The summed E-state index contributed by atoms with van der Waals surface area (Å²) in [6, 6.07) is 1.83. The summed E-state index contributed by atoms with van der Waals surface area (Å²) in [6.07, 6.45) is 3.33. The van der Waals surface area contributed by atoms with E-state index in [1.54, 1.807) is 6.08 Å². The number of esters is 2. The van der Waals surface area contributed by atoms with Crippen molar-refractivity contribution >= 4 is 11.9 Å². The van der Waals surface area contributed by atoms with Crippen molar-refractivity contribution in [1.82, 2.24) is 0 Å². The molecule has 0 bridgehead atoms. The highest BCUT2D eigenvalue weighted by Crippen LogP contribution is 2.39. The number of hydrogen-bond acceptors (Lipinski definition) is 5. The molecule has 0 aliphatic heterocycles. The van der Waals surface area contributed by atoms with Crippen LogP contribution in [0.2, 0.25) is 0 Å². The van der Waals surface area contributed by atoms with Crippen LogP contribution in [0.15, 0.2) is 12.2 Å². The monoisotopic (exact) mass is 209 g/mol. The summed E-state index contributed by atoms with van der Waals surface area (Å²) in [4.78, 5) is 22.9. The maximum atomic E-state index is 11.5. The lowest BCUT2D eigenvalue weighted by atomic mass is 9.79. The van der Waals surface area contributed by atoms with Crippen LogP contribution < -0.4 is 0 Å². The van der Waals surface area contributed by atoms with Crippen molar-refractivity contribution in [1.29, 1.82) is 5.26 Å². The van der Waals surface area contributed by atoms with Crippen LogP contribution >= 0.6 is 0 Å². The maximum Gasteiger partial charge on any atom is 0.331 e. The lowest BCUT2D eigenvalue weighted by molar-refractivity contribution is -0.158. The minimum absolute atomic E-state index is 0.315. The summed E-state index contributed by atoms with van der Waals surface area (Å²) >= 11 is 0. The van der Waals surface area contributed by atoms with Gasteiger partial charge in [0.1, 0.15) is 0 Å². The Morgan fingerprint density at radius 1 is 1.47 bits per heavy atom. The third-order valence-electron chi connectivity index (χ3n) is 2.50. The molecule has 80 valence electrons. The molecule has 5 heteroatoms. The zero-order chi connectivity index (χ0) is 11.5. The van der Waals surface area contributed by atoms with Crippen LogP contribution in [-0.4, -0.2) is 26.2 Å². The lowest BCUT2D eigenvalue weighted by Gasteiger charge is -2.22. The number of nitriles is 1. The molecule has 1 aliphatic carbocycles. The first-order valence-electron chi connectivity index (χ1n) is 4.37. The van der Waals surface area contributed by atoms with E-state index >= 15 is 0 Å². The Labute approximate surface area is 87.3 Å². The van der Waals surface area contributed by atoms with Crippen molar-refractivity contribution in [2.75, 3.05) is 14.2 Å². The topological polar surface area (TPSA) is 76.4 Å². The summed E-state index contributed by atoms with van der Waals surface area (Å²) in [7, 11) is 2.40. The Balaban J connectivity index is 3.08. The summed E-state index contributed by atoms with van der Waals surface area (Å²) in [5.74, 6) is -2.11. The largest absolute Gasteiger partial charge is 0.469 e. The van der Waals surface area contributed by atoms with Crippen molar-refractivity contribution in [3.63, 3.8) is 0 Å². The predicted molar refractivity (Wildman–Crippen MR) is 49.3 cm³/mol. The molecule has 2 unspecified atom stereocenters. The van der Waals surface area contributed by atoms with Crippen LogP contribution in [0.25, 0.3) is 0 Å². The van der Waals surface area contributed by atoms with Gasteiger partial charge in [-0.05, 0) is 6.42 Å². The summed E-state index contributed by atoms with van der Waals surface area (Å²) in [6.45, 7) is 0. The second-order valence-electron chi connectivity index (χ2n) is 3.19. The van der Waals surface area contributed by atoms with Crippen LogP contribution in [0.3, 0.4) is 0 Å². The van der Waals surface area contributed by atoms with Gasteiger partial charge in [-0.2, -0.15) is 5.26 Å². The molecule has 0 fully saturated rings. The molecule has 5 nitrogen and oxygen atoms in total. The highest BCUT2D eigenvalue weighted by atomic mass is 16.5. The number of allylic oxidation sites excluding steroid dienone is 1. The molecular weight excluding hydrogens is 198 g/mol. The number of ether oxygens (including phenoxy) is 2. The Morgan fingerprint density at radius 2 is 2.13 bits per heavy atom. The third-order valence-corrected chi connectivity index (χ3v) is 2.50. The molecule has 0 heterocycles. The fraction of sp³-hybridized carbons (Fsp3) is 0.500. The number of nitrogens with zero attached hydrogens (tertiary/aromatic N) is 1. The SMILES string of the molecule is COC(=O)C1CC=CC1(C#N)C(=O)OC. The van der Waals surface area contributed by atoms with E-state index in [9.17, 15) is 9.59 Å². The minimum Gasteiger partial charge on any atom is -0.469 e. The third kappa shape index (κ3) is 1.59. The lowest BCUT2D eigenvalue weighted by Crippen LogP contribution is -2.38. The van der Waals surface area contributed by atoms with E-state index in [0.29, 0.717) is 6.42 Å². The molecule has 0 aromatic carbocycles.